The number of amides is 4. The third kappa shape index (κ3) is 9.21. The van der Waals surface area contributed by atoms with Gasteiger partial charge in [-0.3, -0.25) is 24.0 Å². The fourth-order valence-electron chi connectivity index (χ4n) is 4.13. The van der Waals surface area contributed by atoms with Gasteiger partial charge >= 0.3 is 5.97 Å². The Labute approximate surface area is 188 Å². The second kappa shape index (κ2) is 13.0. The Morgan fingerprint density at radius 1 is 1.09 bits per heavy atom. The number of nitrogens with one attached hydrogen (secondary N) is 4. The monoisotopic (exact) mass is 453 g/mol. The summed E-state index contributed by atoms with van der Waals surface area (Å²) in [6.07, 6.45) is 3.16. The molecule has 11 heteroatoms. The van der Waals surface area contributed by atoms with E-state index in [4.69, 9.17) is 5.11 Å². The lowest BCUT2D eigenvalue weighted by Crippen LogP contribution is -2.54. The smallest absolute Gasteiger partial charge is 0.307 e. The molecule has 32 heavy (non-hydrogen) atoms. The molecule has 0 aromatic heterocycles. The molecule has 0 aliphatic carbocycles. The van der Waals surface area contributed by atoms with Gasteiger partial charge in [-0.1, -0.05) is 0 Å². The summed E-state index contributed by atoms with van der Waals surface area (Å²) in [5.74, 6) is -2.44. The summed E-state index contributed by atoms with van der Waals surface area (Å²) in [7, 11) is 0. The molecular formula is C21H35N5O6. The highest BCUT2D eigenvalue weighted by Crippen LogP contribution is 2.21. The van der Waals surface area contributed by atoms with E-state index in [9.17, 15) is 24.0 Å². The molecule has 2 rings (SSSR count). The molecular weight excluding hydrogens is 418 g/mol. The van der Waals surface area contributed by atoms with Crippen LogP contribution in [0.1, 0.15) is 51.9 Å². The minimum absolute atomic E-state index is 0.0479. The van der Waals surface area contributed by atoms with Crippen LogP contribution in [0, 0.1) is 11.8 Å². The standard InChI is InChI=1S/C21H35N5O6/c1-14(27)23-12-18(28)24-17(11-20(30)31)25-21(32)16-3-2-10-26(13-16)19(29)5-4-15-6-8-22-9-7-15/h15-17,22H,2-13H2,1H3,(H,23,27)(H,24,28)(H,25,32)(H,30,31)/t16-,17+/m1/s1. The summed E-state index contributed by atoms with van der Waals surface area (Å²) in [5.41, 5.74) is 0. The van der Waals surface area contributed by atoms with Crippen molar-refractivity contribution in [2.75, 3.05) is 32.7 Å². The van der Waals surface area contributed by atoms with E-state index in [1.807, 2.05) is 0 Å². The summed E-state index contributed by atoms with van der Waals surface area (Å²) in [4.78, 5) is 61.1. The van der Waals surface area contributed by atoms with Crippen LogP contribution in [0.25, 0.3) is 0 Å². The van der Waals surface area contributed by atoms with Crippen LogP contribution in [0.5, 0.6) is 0 Å². The molecule has 4 amide bonds. The van der Waals surface area contributed by atoms with Gasteiger partial charge in [0.25, 0.3) is 0 Å². The molecule has 11 nitrogen and oxygen atoms in total. The molecule has 2 aliphatic rings. The third-order valence-corrected chi connectivity index (χ3v) is 5.90. The topological polar surface area (TPSA) is 157 Å². The van der Waals surface area contributed by atoms with Gasteiger partial charge in [0.2, 0.25) is 23.6 Å². The Hall–Kier alpha value is -2.69. The largest absolute Gasteiger partial charge is 0.481 e. The highest BCUT2D eigenvalue weighted by Gasteiger charge is 2.30. The first kappa shape index (κ1) is 25.6. The predicted octanol–water partition coefficient (Wildman–Crippen LogP) is -0.826. The lowest BCUT2D eigenvalue weighted by Gasteiger charge is -2.33. The number of hydrogen-bond acceptors (Lipinski definition) is 6. The molecule has 2 saturated heterocycles. The average molecular weight is 454 g/mol. The zero-order valence-electron chi connectivity index (χ0n) is 18.7. The maximum Gasteiger partial charge on any atom is 0.307 e. The van der Waals surface area contributed by atoms with Crippen LogP contribution < -0.4 is 21.3 Å². The molecule has 180 valence electrons. The second-order valence-corrected chi connectivity index (χ2v) is 8.55. The molecule has 0 spiro atoms. The Kier molecular flexibility index (Phi) is 10.4. The lowest BCUT2D eigenvalue weighted by atomic mass is 9.92. The Morgan fingerprint density at radius 2 is 1.81 bits per heavy atom. The van der Waals surface area contributed by atoms with Crippen LogP contribution in [0.15, 0.2) is 0 Å². The minimum atomic E-state index is -1.19. The van der Waals surface area contributed by atoms with Crippen molar-refractivity contribution in [1.82, 2.24) is 26.2 Å². The number of carbonyl (C=O) groups is 5. The first-order valence-electron chi connectivity index (χ1n) is 11.3. The first-order chi connectivity index (χ1) is 15.2. The number of hydrogen-bond donors (Lipinski definition) is 5. The predicted molar refractivity (Wildman–Crippen MR) is 115 cm³/mol. The third-order valence-electron chi connectivity index (χ3n) is 5.90. The van der Waals surface area contributed by atoms with Gasteiger partial charge in [0.1, 0.15) is 6.17 Å². The van der Waals surface area contributed by atoms with Crippen LogP contribution >= 0.6 is 0 Å². The zero-order valence-corrected chi connectivity index (χ0v) is 18.7. The SMILES string of the molecule is CC(=O)NCC(=O)N[C@H](CC(=O)O)NC(=O)[C@@H]1CCCN(C(=O)CCC2CCNCC2)C1. The fourth-order valence-corrected chi connectivity index (χ4v) is 4.13. The number of rotatable bonds is 10. The molecule has 0 unspecified atom stereocenters. The summed E-state index contributed by atoms with van der Waals surface area (Å²) in [6, 6.07) is 0. The van der Waals surface area contributed by atoms with Gasteiger partial charge in [-0.15, -0.1) is 0 Å². The van der Waals surface area contributed by atoms with Crippen molar-refractivity contribution >= 4 is 29.6 Å². The van der Waals surface area contributed by atoms with Gasteiger partial charge in [0.05, 0.1) is 18.9 Å². The summed E-state index contributed by atoms with van der Waals surface area (Å²) >= 11 is 0. The minimum Gasteiger partial charge on any atom is -0.481 e. The summed E-state index contributed by atoms with van der Waals surface area (Å²) in [6.45, 7) is 3.82. The van der Waals surface area contributed by atoms with Crippen LogP contribution in [0.2, 0.25) is 0 Å². The van der Waals surface area contributed by atoms with Crippen molar-refractivity contribution in [2.45, 2.75) is 58.0 Å². The quantitative estimate of drug-likeness (QED) is 0.270. The maximum absolute atomic E-state index is 12.7. The van der Waals surface area contributed by atoms with Crippen molar-refractivity contribution in [3.63, 3.8) is 0 Å². The number of piperidine rings is 2. The van der Waals surface area contributed by atoms with E-state index >= 15 is 0 Å². The number of aliphatic carboxylic acids is 1. The van der Waals surface area contributed by atoms with E-state index in [0.717, 1.165) is 32.4 Å². The molecule has 0 radical (unpaired) electrons. The number of nitrogens with zero attached hydrogens (tertiary/aromatic N) is 1. The first-order valence-corrected chi connectivity index (χ1v) is 11.3. The maximum atomic E-state index is 12.7. The van der Waals surface area contributed by atoms with Crippen LogP contribution in [0.3, 0.4) is 0 Å². The van der Waals surface area contributed by atoms with Gasteiger partial charge in [-0.2, -0.15) is 0 Å². The molecule has 2 heterocycles. The lowest BCUT2D eigenvalue weighted by molar-refractivity contribution is -0.138. The van der Waals surface area contributed by atoms with Gasteiger partial charge in [0, 0.05) is 26.4 Å². The van der Waals surface area contributed by atoms with Gasteiger partial charge < -0.3 is 31.3 Å². The second-order valence-electron chi connectivity index (χ2n) is 8.55. The van der Waals surface area contributed by atoms with Gasteiger partial charge in [-0.05, 0) is 51.1 Å². The van der Waals surface area contributed by atoms with Crippen LogP contribution in [0.4, 0.5) is 0 Å². The highest BCUT2D eigenvalue weighted by molar-refractivity contribution is 5.86. The Morgan fingerprint density at radius 3 is 2.47 bits per heavy atom. The Bertz CT molecular complexity index is 694. The van der Waals surface area contributed by atoms with Crippen molar-refractivity contribution in [3.05, 3.63) is 0 Å². The molecule has 0 aromatic rings. The average Bonchev–Trinajstić information content (AvgIpc) is 2.76. The number of carbonyl (C=O) groups excluding carboxylic acids is 4. The van der Waals surface area contributed by atoms with E-state index in [1.165, 1.54) is 6.92 Å². The van der Waals surface area contributed by atoms with E-state index in [-0.39, 0.29) is 19.0 Å². The molecule has 0 bridgehead atoms. The zero-order chi connectivity index (χ0) is 23.5. The number of likely N-dealkylation sites (tertiary alicyclic amines) is 1. The van der Waals surface area contributed by atoms with Crippen LogP contribution in [-0.2, 0) is 24.0 Å². The highest BCUT2D eigenvalue weighted by atomic mass is 16.4. The van der Waals surface area contributed by atoms with Gasteiger partial charge in [-0.25, -0.2) is 0 Å². The van der Waals surface area contributed by atoms with E-state index in [2.05, 4.69) is 21.3 Å². The Balaban J connectivity index is 1.84. The van der Waals surface area contributed by atoms with Crippen molar-refractivity contribution < 1.29 is 29.1 Å². The molecule has 0 aromatic carbocycles. The van der Waals surface area contributed by atoms with E-state index in [1.54, 1.807) is 4.90 Å². The normalized spacial score (nSPS) is 20.2. The van der Waals surface area contributed by atoms with Gasteiger partial charge in [0.15, 0.2) is 0 Å². The molecule has 2 atom stereocenters. The van der Waals surface area contributed by atoms with E-state index < -0.39 is 42.2 Å². The number of carboxylic acid groups (broad SMARTS) is 1. The molecule has 2 aliphatic heterocycles. The van der Waals surface area contributed by atoms with Crippen molar-refractivity contribution in [1.29, 1.82) is 0 Å². The van der Waals surface area contributed by atoms with E-state index in [0.29, 0.717) is 31.7 Å². The summed E-state index contributed by atoms with van der Waals surface area (Å²) < 4.78 is 0. The van der Waals surface area contributed by atoms with Crippen LogP contribution in [-0.4, -0.2) is 78.5 Å². The molecule has 2 fully saturated rings. The molecule has 5 N–H and O–H groups in total. The number of carboxylic acids is 1. The fraction of sp³-hybridized carbons (Fsp3) is 0.762. The van der Waals surface area contributed by atoms with Crippen molar-refractivity contribution in [2.24, 2.45) is 11.8 Å². The summed E-state index contributed by atoms with van der Waals surface area (Å²) in [5, 5.41) is 19.7. The molecule has 0 saturated carbocycles. The van der Waals surface area contributed by atoms with Crippen molar-refractivity contribution in [3.8, 4) is 0 Å².